The quantitative estimate of drug-likeness (QED) is 0.855. The molecular weight excluding hydrogens is 288 g/mol. The summed E-state index contributed by atoms with van der Waals surface area (Å²) in [5, 5.41) is 13.2. The molecule has 3 rings (SSSR count). The fourth-order valence-corrected chi connectivity index (χ4v) is 2.57. The van der Waals surface area contributed by atoms with Crippen LogP contribution in [-0.4, -0.2) is 62.3 Å². The van der Waals surface area contributed by atoms with E-state index in [1.54, 1.807) is 4.52 Å². The Balaban J connectivity index is 1.94. The molecule has 1 amide bonds. The number of rotatable bonds is 2. The number of aromatic nitrogens is 3. The van der Waals surface area contributed by atoms with Crippen LogP contribution in [0.15, 0.2) is 12.3 Å². The predicted octanol–water partition coefficient (Wildman–Crippen LogP) is 0.272. The van der Waals surface area contributed by atoms with Gasteiger partial charge in [-0.3, -0.25) is 4.79 Å². The Morgan fingerprint density at radius 3 is 2.91 bits per heavy atom. The van der Waals surface area contributed by atoms with E-state index in [0.29, 0.717) is 17.8 Å². The number of nitrogens with zero attached hydrogens (tertiary/aromatic N) is 4. The molecule has 0 saturated carbocycles. The van der Waals surface area contributed by atoms with Crippen molar-refractivity contribution < 1.29 is 19.4 Å². The minimum atomic E-state index is -1.07. The lowest BCUT2D eigenvalue weighted by molar-refractivity contribution is -0.154. The van der Waals surface area contributed by atoms with E-state index < -0.39 is 12.1 Å². The summed E-state index contributed by atoms with van der Waals surface area (Å²) in [6, 6.07) is 1.88. The lowest BCUT2D eigenvalue weighted by Crippen LogP contribution is -2.48. The molecule has 1 aliphatic heterocycles. The number of ether oxygens (including phenoxy) is 1. The molecule has 0 radical (unpaired) electrons. The summed E-state index contributed by atoms with van der Waals surface area (Å²) in [5.41, 5.74) is 2.54. The van der Waals surface area contributed by atoms with E-state index in [4.69, 9.17) is 9.84 Å². The van der Waals surface area contributed by atoms with Crippen molar-refractivity contribution in [2.24, 2.45) is 0 Å². The standard InChI is InChI=1S/C14H16N4O4/c1-8-5-9(2)18-12(16-8)10(6-15-18)13(19)17-3-4-22-11(7-17)14(20)21/h5-6,11H,3-4,7H2,1-2H3,(H,20,21). The van der Waals surface area contributed by atoms with E-state index in [0.717, 1.165) is 11.4 Å². The van der Waals surface area contributed by atoms with Crippen molar-refractivity contribution in [1.29, 1.82) is 0 Å². The van der Waals surface area contributed by atoms with Crippen LogP contribution in [0.1, 0.15) is 21.7 Å². The second-order valence-electron chi connectivity index (χ2n) is 5.28. The van der Waals surface area contributed by atoms with Gasteiger partial charge in [0, 0.05) is 17.9 Å². The van der Waals surface area contributed by atoms with E-state index in [-0.39, 0.29) is 19.1 Å². The number of aliphatic carboxylic acids is 1. The molecule has 1 atom stereocenters. The van der Waals surface area contributed by atoms with Gasteiger partial charge >= 0.3 is 5.97 Å². The topological polar surface area (TPSA) is 97.0 Å². The highest BCUT2D eigenvalue weighted by Crippen LogP contribution is 2.16. The Morgan fingerprint density at radius 2 is 2.18 bits per heavy atom. The molecule has 116 valence electrons. The van der Waals surface area contributed by atoms with Crippen LogP contribution in [0.3, 0.4) is 0 Å². The fourth-order valence-electron chi connectivity index (χ4n) is 2.57. The van der Waals surface area contributed by atoms with Crippen molar-refractivity contribution >= 4 is 17.5 Å². The second-order valence-corrected chi connectivity index (χ2v) is 5.28. The van der Waals surface area contributed by atoms with E-state index in [1.807, 2.05) is 19.9 Å². The maximum absolute atomic E-state index is 12.6. The molecule has 2 aromatic rings. The molecule has 8 heteroatoms. The van der Waals surface area contributed by atoms with Crippen molar-refractivity contribution in [3.63, 3.8) is 0 Å². The van der Waals surface area contributed by atoms with Crippen LogP contribution in [-0.2, 0) is 9.53 Å². The van der Waals surface area contributed by atoms with Gasteiger partial charge in [-0.05, 0) is 19.9 Å². The molecule has 1 saturated heterocycles. The van der Waals surface area contributed by atoms with Gasteiger partial charge < -0.3 is 14.7 Å². The van der Waals surface area contributed by atoms with Gasteiger partial charge in [0.15, 0.2) is 11.8 Å². The molecule has 0 aromatic carbocycles. The van der Waals surface area contributed by atoms with E-state index in [2.05, 4.69) is 10.1 Å². The van der Waals surface area contributed by atoms with Crippen molar-refractivity contribution in [3.05, 3.63) is 29.2 Å². The highest BCUT2D eigenvalue weighted by Gasteiger charge is 2.31. The first-order valence-electron chi connectivity index (χ1n) is 6.93. The van der Waals surface area contributed by atoms with Gasteiger partial charge in [0.2, 0.25) is 0 Å². The van der Waals surface area contributed by atoms with Gasteiger partial charge in [-0.25, -0.2) is 14.3 Å². The molecule has 8 nitrogen and oxygen atoms in total. The summed E-state index contributed by atoms with van der Waals surface area (Å²) >= 11 is 0. The highest BCUT2D eigenvalue weighted by atomic mass is 16.5. The maximum Gasteiger partial charge on any atom is 0.334 e. The maximum atomic E-state index is 12.6. The lowest BCUT2D eigenvalue weighted by Gasteiger charge is -2.30. The Hall–Kier alpha value is -2.48. The molecule has 3 heterocycles. The summed E-state index contributed by atoms with van der Waals surface area (Å²) in [6.07, 6.45) is 0.485. The zero-order valence-electron chi connectivity index (χ0n) is 12.3. The molecule has 0 spiro atoms. The van der Waals surface area contributed by atoms with Gasteiger partial charge in [-0.1, -0.05) is 0 Å². The Kier molecular flexibility index (Phi) is 3.53. The normalized spacial score (nSPS) is 18.6. The molecule has 2 aromatic heterocycles. The van der Waals surface area contributed by atoms with Gasteiger partial charge in [0.05, 0.1) is 19.3 Å². The number of carboxylic acids is 1. The summed E-state index contributed by atoms with van der Waals surface area (Å²) in [5.74, 6) is -1.34. The smallest absolute Gasteiger partial charge is 0.334 e. The Labute approximate surface area is 126 Å². The molecule has 22 heavy (non-hydrogen) atoms. The second kappa shape index (κ2) is 5.38. The first kappa shape index (κ1) is 14.5. The number of hydrogen-bond donors (Lipinski definition) is 1. The lowest BCUT2D eigenvalue weighted by atomic mass is 10.2. The molecule has 1 N–H and O–H groups in total. The monoisotopic (exact) mass is 304 g/mol. The zero-order valence-corrected chi connectivity index (χ0v) is 12.3. The predicted molar refractivity (Wildman–Crippen MR) is 75.7 cm³/mol. The number of morpholine rings is 1. The third kappa shape index (κ3) is 2.41. The number of aryl methyl sites for hydroxylation is 2. The Bertz CT molecular complexity index is 755. The van der Waals surface area contributed by atoms with E-state index in [1.165, 1.54) is 11.1 Å². The minimum Gasteiger partial charge on any atom is -0.479 e. The highest BCUT2D eigenvalue weighted by molar-refractivity contribution is 6.00. The van der Waals surface area contributed by atoms with Crippen LogP contribution in [0.5, 0.6) is 0 Å². The van der Waals surface area contributed by atoms with Crippen molar-refractivity contribution in [2.75, 3.05) is 19.7 Å². The SMILES string of the molecule is Cc1cc(C)n2ncc(C(=O)N3CCOC(C(=O)O)C3)c2n1. The Morgan fingerprint density at radius 1 is 1.41 bits per heavy atom. The largest absolute Gasteiger partial charge is 0.479 e. The molecule has 1 unspecified atom stereocenters. The molecule has 1 aliphatic rings. The number of carbonyl (C=O) groups excluding carboxylic acids is 1. The van der Waals surface area contributed by atoms with E-state index in [9.17, 15) is 9.59 Å². The first-order valence-corrected chi connectivity index (χ1v) is 6.93. The van der Waals surface area contributed by atoms with Crippen LogP contribution in [0.4, 0.5) is 0 Å². The third-order valence-corrected chi connectivity index (χ3v) is 3.64. The van der Waals surface area contributed by atoms with Crippen LogP contribution in [0.25, 0.3) is 5.65 Å². The van der Waals surface area contributed by atoms with Crippen molar-refractivity contribution in [2.45, 2.75) is 20.0 Å². The fraction of sp³-hybridized carbons (Fsp3) is 0.429. The average Bonchev–Trinajstić information content (AvgIpc) is 2.90. The first-order chi connectivity index (χ1) is 10.5. The van der Waals surface area contributed by atoms with Gasteiger partial charge in [-0.2, -0.15) is 5.10 Å². The number of fused-ring (bicyclic) bond motifs is 1. The average molecular weight is 304 g/mol. The molecular formula is C14H16N4O4. The number of amides is 1. The van der Waals surface area contributed by atoms with Crippen molar-refractivity contribution in [1.82, 2.24) is 19.5 Å². The minimum absolute atomic E-state index is 0.0241. The number of carbonyl (C=O) groups is 2. The van der Waals surface area contributed by atoms with Crippen LogP contribution in [0.2, 0.25) is 0 Å². The van der Waals surface area contributed by atoms with Crippen molar-refractivity contribution in [3.8, 4) is 0 Å². The van der Waals surface area contributed by atoms with Gasteiger partial charge in [0.25, 0.3) is 5.91 Å². The number of hydrogen-bond acceptors (Lipinski definition) is 5. The van der Waals surface area contributed by atoms with Crippen LogP contribution >= 0.6 is 0 Å². The summed E-state index contributed by atoms with van der Waals surface area (Å²) in [7, 11) is 0. The summed E-state index contributed by atoms with van der Waals surface area (Å²) in [6.45, 7) is 4.32. The van der Waals surface area contributed by atoms with Gasteiger partial charge in [-0.15, -0.1) is 0 Å². The molecule has 0 bridgehead atoms. The van der Waals surface area contributed by atoms with Crippen LogP contribution < -0.4 is 0 Å². The zero-order chi connectivity index (χ0) is 15.9. The summed E-state index contributed by atoms with van der Waals surface area (Å²) in [4.78, 5) is 29.5. The number of carboxylic acid groups (broad SMARTS) is 1. The van der Waals surface area contributed by atoms with Gasteiger partial charge in [0.1, 0.15) is 5.56 Å². The molecule has 1 fully saturated rings. The molecule has 0 aliphatic carbocycles. The summed E-state index contributed by atoms with van der Waals surface area (Å²) < 4.78 is 6.74. The van der Waals surface area contributed by atoms with Crippen LogP contribution in [0, 0.1) is 13.8 Å². The third-order valence-electron chi connectivity index (χ3n) is 3.64. The van der Waals surface area contributed by atoms with E-state index >= 15 is 0 Å².